The van der Waals surface area contributed by atoms with E-state index in [2.05, 4.69) is 0 Å². The van der Waals surface area contributed by atoms with Gasteiger partial charge in [0.15, 0.2) is 4.33 Å². The highest BCUT2D eigenvalue weighted by Crippen LogP contribution is 2.82. The second kappa shape index (κ2) is 3.96. The highest BCUT2D eigenvalue weighted by atomic mass is 35.5. The molecule has 1 heterocycles. The van der Waals surface area contributed by atoms with Crippen molar-refractivity contribution in [2.45, 2.75) is 30.5 Å². The average Bonchev–Trinajstić information content (AvgIpc) is 2.61. The number of allylic oxidation sites excluding steroid dienone is 2. The number of hydrogen-bond acceptors (Lipinski definition) is 1. The van der Waals surface area contributed by atoms with Gasteiger partial charge in [0.2, 0.25) is 0 Å². The van der Waals surface area contributed by atoms with Crippen molar-refractivity contribution in [3.63, 3.8) is 0 Å². The molecular formula is C9H2Cl6F4S. The largest absolute Gasteiger partial charge is 0.356 e. The average molecular weight is 431 g/mol. The third-order valence-corrected chi connectivity index (χ3v) is 9.76. The van der Waals surface area contributed by atoms with E-state index in [-0.39, 0.29) is 16.8 Å². The molecule has 20 heavy (non-hydrogen) atoms. The molecule has 0 radical (unpaired) electrons. The van der Waals surface area contributed by atoms with E-state index in [9.17, 15) is 17.6 Å². The fourth-order valence-electron chi connectivity index (χ4n) is 2.94. The van der Waals surface area contributed by atoms with E-state index in [4.69, 9.17) is 69.6 Å². The highest BCUT2D eigenvalue weighted by Gasteiger charge is 2.92. The predicted molar refractivity (Wildman–Crippen MR) is 75.1 cm³/mol. The second-order valence-corrected chi connectivity index (χ2v) is 9.31. The molecule has 0 nitrogen and oxygen atoms in total. The molecule has 1 aliphatic heterocycles. The molecule has 1 saturated heterocycles. The van der Waals surface area contributed by atoms with Gasteiger partial charge in [0.1, 0.15) is 9.75 Å². The van der Waals surface area contributed by atoms with Crippen molar-refractivity contribution in [1.29, 1.82) is 0 Å². The van der Waals surface area contributed by atoms with Crippen LogP contribution in [0.5, 0.6) is 0 Å². The van der Waals surface area contributed by atoms with Crippen molar-refractivity contribution < 1.29 is 17.6 Å². The molecule has 0 aromatic carbocycles. The quantitative estimate of drug-likeness (QED) is 0.346. The van der Waals surface area contributed by atoms with Gasteiger partial charge in [-0.25, -0.2) is 0 Å². The van der Waals surface area contributed by atoms with Crippen molar-refractivity contribution in [1.82, 2.24) is 0 Å². The minimum Gasteiger partial charge on any atom is -0.198 e. The zero-order chi connectivity index (χ0) is 15.5. The molecule has 2 bridgehead atoms. The van der Waals surface area contributed by atoms with Crippen molar-refractivity contribution in [3.05, 3.63) is 10.1 Å². The Balaban J connectivity index is 2.32. The second-order valence-electron chi connectivity index (χ2n) is 4.78. The molecular weight excluding hydrogens is 429 g/mol. The molecule has 114 valence electrons. The summed E-state index contributed by atoms with van der Waals surface area (Å²) in [5, 5.41) is -6.83. The number of fused-ring (bicyclic) bond motifs is 5. The maximum Gasteiger partial charge on any atom is 0.356 e. The van der Waals surface area contributed by atoms with E-state index in [0.29, 0.717) is 0 Å². The summed E-state index contributed by atoms with van der Waals surface area (Å²) in [5.74, 6) is -6.62. The van der Waals surface area contributed by atoms with E-state index >= 15 is 0 Å². The van der Waals surface area contributed by atoms with Crippen LogP contribution >= 0.6 is 81.4 Å². The monoisotopic (exact) mass is 428 g/mol. The fourth-order valence-corrected chi connectivity index (χ4v) is 7.79. The molecule has 0 spiro atoms. The van der Waals surface area contributed by atoms with E-state index in [0.717, 1.165) is 0 Å². The topological polar surface area (TPSA) is 0 Å². The standard InChI is InChI=1S/C9H2Cl6F4S/c10-2-3(11)6(13)4-1(5(2,12)8(6,14)15)7(16,17)9(18,19)20-4/h1,4H/t1-,4-,5-,6+/m0/s1. The minimum absolute atomic E-state index is 0.332. The Kier molecular flexibility index (Phi) is 3.25. The van der Waals surface area contributed by atoms with Crippen LogP contribution in [0.25, 0.3) is 0 Å². The fraction of sp³-hybridized carbons (Fsp3) is 0.778. The maximum atomic E-state index is 14.0. The van der Waals surface area contributed by atoms with Gasteiger partial charge in [0, 0.05) is 5.25 Å². The third kappa shape index (κ3) is 1.31. The van der Waals surface area contributed by atoms with E-state index in [1.54, 1.807) is 0 Å². The Bertz CT molecular complexity index is 551. The van der Waals surface area contributed by atoms with Crippen molar-refractivity contribution in [2.75, 3.05) is 0 Å². The van der Waals surface area contributed by atoms with Crippen LogP contribution < -0.4 is 0 Å². The zero-order valence-electron chi connectivity index (χ0n) is 8.84. The van der Waals surface area contributed by atoms with E-state index in [1.165, 1.54) is 0 Å². The summed E-state index contributed by atoms with van der Waals surface area (Å²) in [4.78, 5) is -4.48. The Hall–Kier alpha value is 1.55. The summed E-state index contributed by atoms with van der Waals surface area (Å²) in [6.45, 7) is 0. The van der Waals surface area contributed by atoms with E-state index in [1.807, 2.05) is 0 Å². The molecule has 0 amide bonds. The zero-order valence-corrected chi connectivity index (χ0v) is 14.2. The Morgan fingerprint density at radius 2 is 1.30 bits per heavy atom. The first kappa shape index (κ1) is 16.4. The molecule has 3 rings (SSSR count). The number of halogens is 10. The van der Waals surface area contributed by atoms with Crippen LogP contribution in [0.4, 0.5) is 17.6 Å². The van der Waals surface area contributed by atoms with Gasteiger partial charge in [-0.2, -0.15) is 17.6 Å². The molecule has 0 aromatic heterocycles. The van der Waals surface area contributed by atoms with Gasteiger partial charge < -0.3 is 0 Å². The van der Waals surface area contributed by atoms with Crippen LogP contribution in [0.1, 0.15) is 0 Å². The van der Waals surface area contributed by atoms with Gasteiger partial charge in [0.25, 0.3) is 0 Å². The number of thioether (sulfide) groups is 1. The summed E-state index contributed by atoms with van der Waals surface area (Å²) < 4.78 is 53.0. The Morgan fingerprint density at radius 3 is 1.80 bits per heavy atom. The lowest BCUT2D eigenvalue weighted by Gasteiger charge is -2.36. The Labute approximate surface area is 145 Å². The van der Waals surface area contributed by atoms with Gasteiger partial charge in [-0.15, -0.1) is 23.2 Å². The maximum absolute atomic E-state index is 14.0. The summed E-state index contributed by atoms with van der Waals surface area (Å²) in [6.07, 6.45) is 0. The molecule has 0 N–H and O–H groups in total. The predicted octanol–water partition coefficient (Wildman–Crippen LogP) is 5.79. The Morgan fingerprint density at radius 1 is 0.850 bits per heavy atom. The van der Waals surface area contributed by atoms with Gasteiger partial charge in [0.05, 0.1) is 16.0 Å². The molecule has 0 unspecified atom stereocenters. The summed E-state index contributed by atoms with van der Waals surface area (Å²) in [7, 11) is 0. The molecule has 2 fully saturated rings. The third-order valence-electron chi connectivity index (χ3n) is 3.92. The first-order chi connectivity index (χ1) is 8.78. The van der Waals surface area contributed by atoms with Gasteiger partial charge in [-0.3, -0.25) is 0 Å². The van der Waals surface area contributed by atoms with Crippen LogP contribution in [-0.2, 0) is 0 Å². The highest BCUT2D eigenvalue weighted by molar-refractivity contribution is 8.01. The SMILES string of the molecule is FC1(F)S[C@H]2[C@H](C1(F)F)[C@]1(Cl)C(Cl)=C(Cl)[C@]2(Cl)C1(Cl)Cl. The molecule has 2 aliphatic carbocycles. The number of alkyl halides is 8. The normalized spacial score (nSPS) is 50.7. The smallest absolute Gasteiger partial charge is 0.198 e. The lowest BCUT2D eigenvalue weighted by Crippen LogP contribution is -2.52. The molecule has 0 aromatic rings. The molecule has 1 saturated carbocycles. The lowest BCUT2D eigenvalue weighted by atomic mass is 9.86. The van der Waals surface area contributed by atoms with Crippen molar-refractivity contribution in [3.8, 4) is 0 Å². The molecule has 4 atom stereocenters. The summed E-state index contributed by atoms with van der Waals surface area (Å²) >= 11 is 35.7. The van der Waals surface area contributed by atoms with Crippen molar-refractivity contribution in [2.24, 2.45) is 5.92 Å². The number of rotatable bonds is 0. The van der Waals surface area contributed by atoms with Crippen LogP contribution in [-0.4, -0.2) is 30.5 Å². The lowest BCUT2D eigenvalue weighted by molar-refractivity contribution is -0.175. The first-order valence-corrected chi connectivity index (χ1v) is 8.18. The molecule has 3 aliphatic rings. The van der Waals surface area contributed by atoms with Gasteiger partial charge in [-0.05, 0) is 0 Å². The van der Waals surface area contributed by atoms with Crippen LogP contribution in [0.3, 0.4) is 0 Å². The van der Waals surface area contributed by atoms with Crippen molar-refractivity contribution >= 4 is 81.4 Å². The van der Waals surface area contributed by atoms with Gasteiger partial charge in [-0.1, -0.05) is 58.2 Å². The van der Waals surface area contributed by atoms with Gasteiger partial charge >= 0.3 is 11.2 Å². The minimum atomic E-state index is -4.48. The van der Waals surface area contributed by atoms with Crippen LogP contribution in [0, 0.1) is 5.92 Å². The first-order valence-electron chi connectivity index (χ1n) is 5.03. The van der Waals surface area contributed by atoms with Crippen LogP contribution in [0.2, 0.25) is 0 Å². The van der Waals surface area contributed by atoms with E-state index < -0.39 is 41.5 Å². The van der Waals surface area contributed by atoms with Crippen LogP contribution in [0.15, 0.2) is 10.1 Å². The molecule has 11 heteroatoms. The summed E-state index contributed by atoms with van der Waals surface area (Å²) in [6, 6.07) is 0. The summed E-state index contributed by atoms with van der Waals surface area (Å²) in [5.41, 5.74) is 0. The number of hydrogen-bond donors (Lipinski definition) is 0.